The van der Waals surface area contributed by atoms with E-state index in [0.29, 0.717) is 23.1 Å². The highest BCUT2D eigenvalue weighted by Crippen LogP contribution is 2.40. The van der Waals surface area contributed by atoms with Crippen molar-refractivity contribution in [3.05, 3.63) is 96.2 Å². The number of fused-ring (bicyclic) bond motifs is 4. The second kappa shape index (κ2) is 8.93. The minimum absolute atomic E-state index is 0.137. The molecular weight excluding hydrogens is 458 g/mol. The third kappa shape index (κ3) is 3.97. The van der Waals surface area contributed by atoms with Crippen LogP contribution >= 0.6 is 0 Å². The van der Waals surface area contributed by atoms with Crippen LogP contribution in [0.2, 0.25) is 0 Å². The Bertz CT molecular complexity index is 1780. The third-order valence-electron chi connectivity index (χ3n) is 6.96. The number of hydrogen-bond donors (Lipinski definition) is 1. The Morgan fingerprint density at radius 1 is 0.811 bits per heavy atom. The number of aromatic nitrogens is 3. The lowest BCUT2D eigenvalue weighted by atomic mass is 9.97. The highest BCUT2D eigenvalue weighted by molar-refractivity contribution is 6.11. The summed E-state index contributed by atoms with van der Waals surface area (Å²) in [5.41, 5.74) is 5.12. The van der Waals surface area contributed by atoms with Gasteiger partial charge in [0.1, 0.15) is 22.8 Å². The first-order valence-corrected chi connectivity index (χ1v) is 12.7. The van der Waals surface area contributed by atoms with E-state index in [4.69, 9.17) is 9.72 Å². The molecule has 0 aliphatic carbocycles. The lowest BCUT2D eigenvalue weighted by Crippen LogP contribution is -2.00. The molecule has 1 N–H and O–H groups in total. The van der Waals surface area contributed by atoms with Crippen LogP contribution in [-0.2, 0) is 0 Å². The number of phenols is 1. The molecule has 0 saturated heterocycles. The highest BCUT2D eigenvalue weighted by Gasteiger charge is 2.20. The van der Waals surface area contributed by atoms with Gasteiger partial charge in [-0.15, -0.1) is 0 Å². The Labute approximate surface area is 216 Å². The predicted octanol–water partition coefficient (Wildman–Crippen LogP) is 8.47. The first-order valence-electron chi connectivity index (χ1n) is 12.7. The molecule has 0 bridgehead atoms. The standard InChI is InChI=1S/C32H29N3O2/c1-19(2)22-14-15-33-29(16-22)35-26-10-6-5-9-24(26)31-25(20(3)4)17-23(18-27(31)35)37-30-13-12-21-8-7-11-28(36)32(21)34-30/h5-20,36H,1-4H3. The first kappa shape index (κ1) is 23.0. The number of hydrogen-bond acceptors (Lipinski definition) is 4. The molecule has 0 aliphatic heterocycles. The van der Waals surface area contributed by atoms with Gasteiger partial charge in [-0.05, 0) is 59.4 Å². The molecule has 3 heterocycles. The third-order valence-corrected chi connectivity index (χ3v) is 6.96. The minimum Gasteiger partial charge on any atom is -0.506 e. The lowest BCUT2D eigenvalue weighted by molar-refractivity contribution is 0.459. The summed E-state index contributed by atoms with van der Waals surface area (Å²) in [4.78, 5) is 9.37. The molecule has 3 aromatic carbocycles. The van der Waals surface area contributed by atoms with Crippen molar-refractivity contribution in [2.75, 3.05) is 0 Å². The topological polar surface area (TPSA) is 60.2 Å². The first-order chi connectivity index (χ1) is 17.9. The minimum atomic E-state index is 0.137. The molecule has 3 aromatic heterocycles. The zero-order valence-corrected chi connectivity index (χ0v) is 21.4. The van der Waals surface area contributed by atoms with Gasteiger partial charge < -0.3 is 9.84 Å². The quantitative estimate of drug-likeness (QED) is 0.265. The molecule has 6 rings (SSSR count). The molecule has 0 atom stereocenters. The number of aromatic hydroxyl groups is 1. The summed E-state index contributed by atoms with van der Waals surface area (Å²) in [6, 6.07) is 26.0. The molecule has 0 saturated carbocycles. The van der Waals surface area contributed by atoms with Crippen LogP contribution in [0.1, 0.15) is 50.7 Å². The molecule has 184 valence electrons. The van der Waals surface area contributed by atoms with Crippen molar-refractivity contribution in [2.45, 2.75) is 39.5 Å². The summed E-state index contributed by atoms with van der Waals surface area (Å²) in [7, 11) is 0. The number of rotatable bonds is 5. The maximum atomic E-state index is 10.3. The summed E-state index contributed by atoms with van der Waals surface area (Å²) < 4.78 is 8.56. The van der Waals surface area contributed by atoms with Gasteiger partial charge in [-0.3, -0.25) is 4.57 Å². The number of phenolic OH excluding ortho intramolecular Hbond substituents is 1. The van der Waals surface area contributed by atoms with Crippen molar-refractivity contribution in [2.24, 2.45) is 0 Å². The average Bonchev–Trinajstić information content (AvgIpc) is 3.23. The average molecular weight is 488 g/mol. The highest BCUT2D eigenvalue weighted by atomic mass is 16.5. The summed E-state index contributed by atoms with van der Waals surface area (Å²) in [5, 5.41) is 13.6. The summed E-state index contributed by atoms with van der Waals surface area (Å²) in [5.74, 6) is 2.83. The van der Waals surface area contributed by atoms with E-state index in [9.17, 15) is 5.11 Å². The largest absolute Gasteiger partial charge is 0.506 e. The van der Waals surface area contributed by atoms with E-state index in [1.165, 1.54) is 21.9 Å². The van der Waals surface area contributed by atoms with Gasteiger partial charge in [0.15, 0.2) is 0 Å². The molecule has 37 heavy (non-hydrogen) atoms. The van der Waals surface area contributed by atoms with Crippen LogP contribution in [0.3, 0.4) is 0 Å². The van der Waals surface area contributed by atoms with E-state index in [1.807, 2.05) is 30.5 Å². The second-order valence-corrected chi connectivity index (χ2v) is 10.1. The Morgan fingerprint density at radius 2 is 1.65 bits per heavy atom. The molecule has 5 nitrogen and oxygen atoms in total. The van der Waals surface area contributed by atoms with E-state index in [2.05, 4.69) is 85.8 Å². The van der Waals surface area contributed by atoms with E-state index in [0.717, 1.165) is 22.2 Å². The van der Waals surface area contributed by atoms with Crippen molar-refractivity contribution < 1.29 is 9.84 Å². The molecule has 0 fully saturated rings. The van der Waals surface area contributed by atoms with Gasteiger partial charge in [-0.2, -0.15) is 0 Å². The van der Waals surface area contributed by atoms with Gasteiger partial charge in [-0.25, -0.2) is 9.97 Å². The molecule has 0 unspecified atom stereocenters. The van der Waals surface area contributed by atoms with Gasteiger partial charge in [0, 0.05) is 34.5 Å². The van der Waals surface area contributed by atoms with Crippen LogP contribution in [0, 0.1) is 0 Å². The van der Waals surface area contributed by atoms with E-state index < -0.39 is 0 Å². The number of benzene rings is 3. The van der Waals surface area contributed by atoms with Crippen LogP contribution in [0.4, 0.5) is 0 Å². The van der Waals surface area contributed by atoms with Crippen molar-refractivity contribution in [3.63, 3.8) is 0 Å². The van der Waals surface area contributed by atoms with Crippen LogP contribution in [0.25, 0.3) is 38.5 Å². The van der Waals surface area contributed by atoms with Gasteiger partial charge in [0.25, 0.3) is 0 Å². The Balaban J connectivity index is 1.59. The fraction of sp³-hybridized carbons (Fsp3) is 0.188. The number of pyridine rings is 2. The van der Waals surface area contributed by atoms with Crippen LogP contribution < -0.4 is 4.74 Å². The fourth-order valence-corrected chi connectivity index (χ4v) is 5.07. The summed E-state index contributed by atoms with van der Waals surface area (Å²) in [6.07, 6.45) is 1.89. The van der Waals surface area contributed by atoms with Gasteiger partial charge in [-0.1, -0.05) is 58.0 Å². The zero-order chi connectivity index (χ0) is 25.7. The van der Waals surface area contributed by atoms with Crippen LogP contribution in [-0.4, -0.2) is 19.6 Å². The SMILES string of the molecule is CC(C)c1ccnc(-n2c3ccccc3c3c(C(C)C)cc(Oc4ccc5cccc(O)c5n4)cc32)c1. The predicted molar refractivity (Wildman–Crippen MR) is 150 cm³/mol. The van der Waals surface area contributed by atoms with E-state index in [1.54, 1.807) is 6.07 Å². The normalized spacial score (nSPS) is 11.8. The Kier molecular flexibility index (Phi) is 5.56. The lowest BCUT2D eigenvalue weighted by Gasteiger charge is -2.14. The van der Waals surface area contributed by atoms with Crippen LogP contribution in [0.5, 0.6) is 17.4 Å². The smallest absolute Gasteiger partial charge is 0.219 e. The molecule has 0 spiro atoms. The second-order valence-electron chi connectivity index (χ2n) is 10.1. The summed E-state index contributed by atoms with van der Waals surface area (Å²) in [6.45, 7) is 8.80. The number of nitrogens with zero attached hydrogens (tertiary/aromatic N) is 3. The maximum absolute atomic E-state index is 10.3. The fourth-order valence-electron chi connectivity index (χ4n) is 5.07. The van der Waals surface area contributed by atoms with Gasteiger partial charge in [0.05, 0.1) is 11.0 Å². The maximum Gasteiger partial charge on any atom is 0.219 e. The van der Waals surface area contributed by atoms with Gasteiger partial charge >= 0.3 is 0 Å². The molecule has 0 amide bonds. The number of ether oxygens (including phenoxy) is 1. The summed E-state index contributed by atoms with van der Waals surface area (Å²) >= 11 is 0. The molecule has 6 aromatic rings. The monoisotopic (exact) mass is 487 g/mol. The molecule has 0 radical (unpaired) electrons. The van der Waals surface area contributed by atoms with E-state index >= 15 is 0 Å². The molecule has 0 aliphatic rings. The molecular formula is C32H29N3O2. The van der Waals surface area contributed by atoms with Crippen molar-refractivity contribution >= 4 is 32.7 Å². The Hall–Kier alpha value is -4.38. The Morgan fingerprint density at radius 3 is 2.46 bits per heavy atom. The van der Waals surface area contributed by atoms with Crippen LogP contribution in [0.15, 0.2) is 85.1 Å². The van der Waals surface area contributed by atoms with Gasteiger partial charge in [0.2, 0.25) is 5.88 Å². The van der Waals surface area contributed by atoms with E-state index in [-0.39, 0.29) is 11.7 Å². The molecule has 5 heteroatoms. The van der Waals surface area contributed by atoms with Crippen molar-refractivity contribution in [1.82, 2.24) is 14.5 Å². The number of para-hydroxylation sites is 2. The zero-order valence-electron chi connectivity index (χ0n) is 21.4. The van der Waals surface area contributed by atoms with Crippen molar-refractivity contribution in [3.8, 4) is 23.2 Å². The van der Waals surface area contributed by atoms with Crippen molar-refractivity contribution in [1.29, 1.82) is 0 Å².